The molecule has 4 rings (SSSR count). The van der Waals surface area contributed by atoms with Gasteiger partial charge in [-0.05, 0) is 48.8 Å². The van der Waals surface area contributed by atoms with E-state index >= 15 is 0 Å². The zero-order valence-corrected chi connectivity index (χ0v) is 20.4. The van der Waals surface area contributed by atoms with E-state index in [0.717, 1.165) is 58.1 Å². The Hall–Kier alpha value is -1.82. The van der Waals surface area contributed by atoms with E-state index in [1.165, 1.54) is 27.5 Å². The second-order valence-electron chi connectivity index (χ2n) is 8.02. The normalized spacial score (nSPS) is 13.9. The summed E-state index contributed by atoms with van der Waals surface area (Å²) in [6.07, 6.45) is 1.14. The largest absolute Gasteiger partial charge is 0.489 e. The standard InChI is InChI=1S/C26H32N2O2.2ClH/c1-21-7-9-22(10-8-21)20-30-26-12-11-23-5-2-3-6-24(23)25(26)19-27-13-4-14-28-15-17-29-18-16-28;;/h2-3,5-12,27H,4,13-20H2,1H3;2*1H. The number of rotatable bonds is 9. The summed E-state index contributed by atoms with van der Waals surface area (Å²) in [5.74, 6) is 0.968. The van der Waals surface area contributed by atoms with Gasteiger partial charge in [-0.25, -0.2) is 0 Å². The molecule has 6 heteroatoms. The number of aryl methyl sites for hydroxylation is 1. The molecule has 0 saturated carbocycles. The maximum Gasteiger partial charge on any atom is 0.124 e. The predicted molar refractivity (Wildman–Crippen MR) is 138 cm³/mol. The third-order valence-corrected chi connectivity index (χ3v) is 5.75. The SMILES string of the molecule is Cc1ccc(COc2ccc3ccccc3c2CNCCCN2CCOCC2)cc1.Cl.Cl. The number of fused-ring (bicyclic) bond motifs is 1. The van der Waals surface area contributed by atoms with E-state index in [4.69, 9.17) is 9.47 Å². The monoisotopic (exact) mass is 476 g/mol. The molecule has 0 aliphatic carbocycles. The molecule has 0 amide bonds. The van der Waals surface area contributed by atoms with Crippen LogP contribution in [0.3, 0.4) is 0 Å². The van der Waals surface area contributed by atoms with Crippen molar-refractivity contribution in [2.75, 3.05) is 39.4 Å². The molecule has 0 radical (unpaired) electrons. The highest BCUT2D eigenvalue weighted by molar-refractivity contribution is 5.87. The molecular formula is C26H34Cl2N2O2. The Labute approximate surface area is 204 Å². The first-order chi connectivity index (χ1) is 14.8. The average molecular weight is 477 g/mol. The Morgan fingerprint density at radius 3 is 2.47 bits per heavy atom. The molecule has 1 saturated heterocycles. The van der Waals surface area contributed by atoms with Gasteiger partial charge in [0.25, 0.3) is 0 Å². The Morgan fingerprint density at radius 2 is 1.69 bits per heavy atom. The molecule has 4 nitrogen and oxygen atoms in total. The number of hydrogen-bond donors (Lipinski definition) is 1. The molecule has 1 aliphatic heterocycles. The van der Waals surface area contributed by atoms with E-state index in [0.29, 0.717) is 6.61 Å². The van der Waals surface area contributed by atoms with Crippen LogP contribution in [0.5, 0.6) is 5.75 Å². The number of nitrogens with zero attached hydrogens (tertiary/aromatic N) is 1. The van der Waals surface area contributed by atoms with E-state index in [9.17, 15) is 0 Å². The summed E-state index contributed by atoms with van der Waals surface area (Å²) in [5, 5.41) is 6.16. The summed E-state index contributed by atoms with van der Waals surface area (Å²) < 4.78 is 11.7. The van der Waals surface area contributed by atoms with E-state index in [1.54, 1.807) is 0 Å². The first-order valence-corrected chi connectivity index (χ1v) is 11.0. The summed E-state index contributed by atoms with van der Waals surface area (Å²) in [6, 6.07) is 21.4. The number of nitrogens with one attached hydrogen (secondary N) is 1. The van der Waals surface area contributed by atoms with E-state index in [2.05, 4.69) is 77.8 Å². The van der Waals surface area contributed by atoms with Crippen molar-refractivity contribution >= 4 is 35.6 Å². The number of morpholine rings is 1. The van der Waals surface area contributed by atoms with Crippen LogP contribution in [0.2, 0.25) is 0 Å². The van der Waals surface area contributed by atoms with Gasteiger partial charge in [0.05, 0.1) is 13.2 Å². The fourth-order valence-electron chi connectivity index (χ4n) is 3.94. The van der Waals surface area contributed by atoms with Crippen molar-refractivity contribution in [2.45, 2.75) is 26.5 Å². The van der Waals surface area contributed by atoms with Crippen LogP contribution in [0.4, 0.5) is 0 Å². The lowest BCUT2D eigenvalue weighted by Crippen LogP contribution is -2.37. The first-order valence-electron chi connectivity index (χ1n) is 11.0. The highest BCUT2D eigenvalue weighted by atomic mass is 35.5. The fourth-order valence-corrected chi connectivity index (χ4v) is 3.94. The van der Waals surface area contributed by atoms with Gasteiger partial charge in [0, 0.05) is 25.2 Å². The molecule has 174 valence electrons. The summed E-state index contributed by atoms with van der Waals surface area (Å²) in [5.41, 5.74) is 3.70. The lowest BCUT2D eigenvalue weighted by molar-refractivity contribution is 0.0374. The lowest BCUT2D eigenvalue weighted by atomic mass is 10.0. The summed E-state index contributed by atoms with van der Waals surface area (Å²) in [4.78, 5) is 2.49. The molecule has 3 aromatic rings. The van der Waals surface area contributed by atoms with Crippen LogP contribution in [0.1, 0.15) is 23.1 Å². The Balaban J connectivity index is 0.00000181. The van der Waals surface area contributed by atoms with Gasteiger partial charge in [0.1, 0.15) is 12.4 Å². The van der Waals surface area contributed by atoms with E-state index in [-0.39, 0.29) is 24.8 Å². The van der Waals surface area contributed by atoms with Gasteiger partial charge in [-0.1, -0.05) is 60.2 Å². The smallest absolute Gasteiger partial charge is 0.124 e. The highest BCUT2D eigenvalue weighted by Gasteiger charge is 2.11. The fraction of sp³-hybridized carbons (Fsp3) is 0.385. The van der Waals surface area contributed by atoms with Crippen LogP contribution < -0.4 is 10.1 Å². The third-order valence-electron chi connectivity index (χ3n) is 5.75. The molecular weight excluding hydrogens is 443 g/mol. The molecule has 0 unspecified atom stereocenters. The zero-order valence-electron chi connectivity index (χ0n) is 18.7. The highest BCUT2D eigenvalue weighted by Crippen LogP contribution is 2.28. The Morgan fingerprint density at radius 1 is 0.938 bits per heavy atom. The van der Waals surface area contributed by atoms with Crippen molar-refractivity contribution in [1.82, 2.24) is 10.2 Å². The van der Waals surface area contributed by atoms with Crippen LogP contribution in [-0.2, 0) is 17.9 Å². The van der Waals surface area contributed by atoms with Crippen LogP contribution in [-0.4, -0.2) is 44.3 Å². The Bertz CT molecular complexity index is 944. The van der Waals surface area contributed by atoms with E-state index in [1.807, 2.05) is 0 Å². The number of benzene rings is 3. The minimum atomic E-state index is 0. The van der Waals surface area contributed by atoms with Gasteiger partial charge >= 0.3 is 0 Å². The van der Waals surface area contributed by atoms with Gasteiger partial charge in [0.15, 0.2) is 0 Å². The van der Waals surface area contributed by atoms with Gasteiger partial charge in [0.2, 0.25) is 0 Å². The summed E-state index contributed by atoms with van der Waals surface area (Å²) in [6.45, 7) is 9.48. The molecule has 0 atom stereocenters. The molecule has 1 aliphatic rings. The molecule has 32 heavy (non-hydrogen) atoms. The maximum absolute atomic E-state index is 6.26. The van der Waals surface area contributed by atoms with Crippen LogP contribution >= 0.6 is 24.8 Å². The second kappa shape index (κ2) is 13.7. The van der Waals surface area contributed by atoms with E-state index < -0.39 is 0 Å². The first kappa shape index (κ1) is 26.4. The molecule has 1 N–H and O–H groups in total. The van der Waals surface area contributed by atoms with Crippen molar-refractivity contribution < 1.29 is 9.47 Å². The van der Waals surface area contributed by atoms with Crippen molar-refractivity contribution in [3.63, 3.8) is 0 Å². The van der Waals surface area contributed by atoms with Gasteiger partial charge in [-0.3, -0.25) is 4.90 Å². The minimum Gasteiger partial charge on any atom is -0.489 e. The van der Waals surface area contributed by atoms with Crippen molar-refractivity contribution in [3.8, 4) is 5.75 Å². The number of hydrogen-bond acceptors (Lipinski definition) is 4. The molecule has 0 aromatic heterocycles. The molecule has 0 spiro atoms. The predicted octanol–water partition coefficient (Wildman–Crippen LogP) is 5.38. The maximum atomic E-state index is 6.26. The molecule has 1 heterocycles. The van der Waals surface area contributed by atoms with Crippen LogP contribution in [0, 0.1) is 6.92 Å². The van der Waals surface area contributed by atoms with Crippen molar-refractivity contribution in [2.24, 2.45) is 0 Å². The van der Waals surface area contributed by atoms with Gasteiger partial charge < -0.3 is 14.8 Å². The molecule has 0 bridgehead atoms. The van der Waals surface area contributed by atoms with Gasteiger partial charge in [-0.2, -0.15) is 0 Å². The molecule has 3 aromatic carbocycles. The molecule has 1 fully saturated rings. The summed E-state index contributed by atoms with van der Waals surface area (Å²) >= 11 is 0. The summed E-state index contributed by atoms with van der Waals surface area (Å²) in [7, 11) is 0. The van der Waals surface area contributed by atoms with Crippen molar-refractivity contribution in [3.05, 3.63) is 77.4 Å². The average Bonchev–Trinajstić information content (AvgIpc) is 2.79. The number of ether oxygens (including phenoxy) is 2. The van der Waals surface area contributed by atoms with Crippen LogP contribution in [0.15, 0.2) is 60.7 Å². The zero-order chi connectivity index (χ0) is 20.6. The topological polar surface area (TPSA) is 33.7 Å². The Kier molecular flexibility index (Phi) is 11.3. The minimum absolute atomic E-state index is 0. The lowest BCUT2D eigenvalue weighted by Gasteiger charge is -2.26. The second-order valence-corrected chi connectivity index (χ2v) is 8.02. The van der Waals surface area contributed by atoms with Crippen LogP contribution in [0.25, 0.3) is 10.8 Å². The number of halogens is 2. The van der Waals surface area contributed by atoms with Crippen molar-refractivity contribution in [1.29, 1.82) is 0 Å². The quantitative estimate of drug-likeness (QED) is 0.420. The third kappa shape index (κ3) is 7.36. The van der Waals surface area contributed by atoms with Gasteiger partial charge in [-0.15, -0.1) is 24.8 Å².